The number of hydrogen-bond acceptors (Lipinski definition) is 6. The Balaban J connectivity index is 1.40. The number of benzene rings is 1. The minimum Gasteiger partial charge on any atom is -0.377 e. The van der Waals surface area contributed by atoms with E-state index in [4.69, 9.17) is 4.74 Å². The molecule has 5 rings (SSSR count). The van der Waals surface area contributed by atoms with Crippen LogP contribution in [0.25, 0.3) is 0 Å². The number of carbonyl (C=O) groups is 2. The zero-order valence-electron chi connectivity index (χ0n) is 23.2. The molecular weight excluding hydrogens is 532 g/mol. The maximum atomic E-state index is 14.1. The SMILES string of the molecule is Cc1ccc(CN(Cc2ccccc2)C(=O)CN(CC2CCCO2)S(=O)(=O)CC23CCC(CC2=O)C3(C)C)s1. The minimum absolute atomic E-state index is 0.0643. The molecule has 2 heterocycles. The number of carbonyl (C=O) groups excluding carboxylic acids is 2. The molecule has 7 nitrogen and oxygen atoms in total. The normalized spacial score (nSPS) is 26.0. The van der Waals surface area contributed by atoms with Gasteiger partial charge in [-0.2, -0.15) is 4.31 Å². The van der Waals surface area contributed by atoms with Crippen LogP contribution < -0.4 is 0 Å². The zero-order chi connectivity index (χ0) is 27.8. The molecule has 2 saturated carbocycles. The van der Waals surface area contributed by atoms with Crippen molar-refractivity contribution in [1.29, 1.82) is 0 Å². The van der Waals surface area contributed by atoms with Gasteiger partial charge in [0.05, 0.1) is 24.9 Å². The second kappa shape index (κ2) is 11.1. The molecule has 39 heavy (non-hydrogen) atoms. The van der Waals surface area contributed by atoms with E-state index < -0.39 is 15.4 Å². The largest absolute Gasteiger partial charge is 0.377 e. The Morgan fingerprint density at radius 1 is 1.10 bits per heavy atom. The molecule has 3 fully saturated rings. The van der Waals surface area contributed by atoms with Gasteiger partial charge in [-0.15, -0.1) is 11.3 Å². The van der Waals surface area contributed by atoms with Crippen molar-refractivity contribution in [2.45, 2.75) is 72.1 Å². The lowest BCUT2D eigenvalue weighted by Gasteiger charge is -2.38. The van der Waals surface area contributed by atoms with E-state index in [1.165, 1.54) is 4.31 Å². The second-order valence-electron chi connectivity index (χ2n) is 12.1. The number of sulfonamides is 1. The third-order valence-electron chi connectivity index (χ3n) is 9.42. The molecule has 0 N–H and O–H groups in total. The van der Waals surface area contributed by atoms with Crippen LogP contribution in [0.2, 0.25) is 0 Å². The summed E-state index contributed by atoms with van der Waals surface area (Å²) in [6.45, 7) is 7.41. The van der Waals surface area contributed by atoms with Crippen molar-refractivity contribution < 1.29 is 22.7 Å². The van der Waals surface area contributed by atoms with Crippen LogP contribution >= 0.6 is 11.3 Å². The highest BCUT2D eigenvalue weighted by atomic mass is 32.2. The number of nitrogens with zero attached hydrogens (tertiary/aromatic N) is 2. The van der Waals surface area contributed by atoms with Crippen molar-refractivity contribution in [3.63, 3.8) is 0 Å². The Hall–Kier alpha value is -2.07. The molecule has 212 valence electrons. The van der Waals surface area contributed by atoms with Crippen LogP contribution in [0.1, 0.15) is 61.3 Å². The summed E-state index contributed by atoms with van der Waals surface area (Å²) in [4.78, 5) is 31.0. The van der Waals surface area contributed by atoms with Gasteiger partial charge in [-0.05, 0) is 61.6 Å². The zero-order valence-corrected chi connectivity index (χ0v) is 24.9. The molecule has 3 unspecified atom stereocenters. The number of amides is 1. The van der Waals surface area contributed by atoms with Gasteiger partial charge in [0.15, 0.2) is 0 Å². The predicted octanol–water partition coefficient (Wildman–Crippen LogP) is 4.79. The summed E-state index contributed by atoms with van der Waals surface area (Å²) in [5.41, 5.74) is -0.263. The van der Waals surface area contributed by atoms with E-state index in [0.717, 1.165) is 34.6 Å². The number of thiophene rings is 1. The fraction of sp³-hybridized carbons (Fsp3) is 0.600. The molecule has 0 spiro atoms. The maximum Gasteiger partial charge on any atom is 0.238 e. The van der Waals surface area contributed by atoms with Crippen molar-refractivity contribution in [1.82, 2.24) is 9.21 Å². The van der Waals surface area contributed by atoms with Crippen LogP contribution in [-0.4, -0.2) is 60.9 Å². The lowest BCUT2D eigenvalue weighted by molar-refractivity contribution is -0.132. The van der Waals surface area contributed by atoms with E-state index in [-0.39, 0.29) is 48.0 Å². The van der Waals surface area contributed by atoms with E-state index in [9.17, 15) is 18.0 Å². The molecule has 9 heteroatoms. The van der Waals surface area contributed by atoms with Gasteiger partial charge >= 0.3 is 0 Å². The highest BCUT2D eigenvalue weighted by molar-refractivity contribution is 7.89. The van der Waals surface area contributed by atoms with Crippen molar-refractivity contribution >= 4 is 33.1 Å². The van der Waals surface area contributed by atoms with E-state index in [0.29, 0.717) is 32.5 Å². The van der Waals surface area contributed by atoms with Crippen LogP contribution in [0.4, 0.5) is 0 Å². The van der Waals surface area contributed by atoms with E-state index in [1.54, 1.807) is 16.2 Å². The molecule has 1 saturated heterocycles. The molecule has 3 atom stereocenters. The second-order valence-corrected chi connectivity index (χ2v) is 15.4. The van der Waals surface area contributed by atoms with Crippen LogP contribution in [0.15, 0.2) is 42.5 Å². The van der Waals surface area contributed by atoms with Crippen molar-refractivity contribution in [3.8, 4) is 0 Å². The van der Waals surface area contributed by atoms with E-state index in [1.807, 2.05) is 63.2 Å². The summed E-state index contributed by atoms with van der Waals surface area (Å²) in [5, 5.41) is 0. The fourth-order valence-corrected chi connectivity index (χ4v) is 9.94. The minimum atomic E-state index is -3.92. The molecule has 1 aromatic heterocycles. The van der Waals surface area contributed by atoms with Crippen molar-refractivity contribution in [2.75, 3.05) is 25.4 Å². The van der Waals surface area contributed by atoms with Crippen LogP contribution in [0, 0.1) is 23.7 Å². The van der Waals surface area contributed by atoms with E-state index in [2.05, 4.69) is 0 Å². The van der Waals surface area contributed by atoms with Gasteiger partial charge in [-0.25, -0.2) is 8.42 Å². The lowest BCUT2D eigenvalue weighted by Crippen LogP contribution is -2.50. The average Bonchev–Trinajstić information content (AvgIpc) is 3.63. The highest BCUT2D eigenvalue weighted by Crippen LogP contribution is 2.64. The van der Waals surface area contributed by atoms with Gasteiger partial charge in [0.1, 0.15) is 5.78 Å². The smallest absolute Gasteiger partial charge is 0.238 e. The van der Waals surface area contributed by atoms with Crippen molar-refractivity contribution in [2.24, 2.45) is 16.7 Å². The van der Waals surface area contributed by atoms with Crippen LogP contribution in [0.3, 0.4) is 0 Å². The monoisotopic (exact) mass is 572 g/mol. The predicted molar refractivity (Wildman–Crippen MR) is 153 cm³/mol. The Morgan fingerprint density at radius 2 is 1.87 bits per heavy atom. The van der Waals surface area contributed by atoms with Gasteiger partial charge in [-0.1, -0.05) is 44.2 Å². The topological polar surface area (TPSA) is 84.0 Å². The quantitative estimate of drug-likeness (QED) is 0.387. The summed E-state index contributed by atoms with van der Waals surface area (Å²) in [5.74, 6) is -0.186. The average molecular weight is 573 g/mol. The number of rotatable bonds is 11. The third kappa shape index (κ3) is 5.73. The molecule has 2 aliphatic carbocycles. The summed E-state index contributed by atoms with van der Waals surface area (Å²) in [6.07, 6.45) is 3.34. The highest BCUT2D eigenvalue weighted by Gasteiger charge is 2.65. The van der Waals surface area contributed by atoms with Gasteiger partial charge in [0, 0.05) is 41.3 Å². The molecule has 1 aliphatic heterocycles. The molecule has 1 amide bonds. The Morgan fingerprint density at radius 3 is 2.46 bits per heavy atom. The lowest BCUT2D eigenvalue weighted by atomic mass is 9.70. The van der Waals surface area contributed by atoms with Gasteiger partial charge in [0.25, 0.3) is 0 Å². The number of hydrogen-bond donors (Lipinski definition) is 0. The van der Waals surface area contributed by atoms with Crippen LogP contribution in [0.5, 0.6) is 0 Å². The summed E-state index contributed by atoms with van der Waals surface area (Å²) >= 11 is 1.64. The first-order valence-electron chi connectivity index (χ1n) is 14.0. The van der Waals surface area contributed by atoms with Crippen LogP contribution in [-0.2, 0) is 37.4 Å². The van der Waals surface area contributed by atoms with Gasteiger partial charge in [-0.3, -0.25) is 9.59 Å². The van der Waals surface area contributed by atoms with Gasteiger partial charge < -0.3 is 9.64 Å². The molecule has 1 aromatic carbocycles. The summed E-state index contributed by atoms with van der Waals surface area (Å²) in [6, 6.07) is 13.8. The number of Topliss-reactive ketones (excluding diaryl/α,β-unsaturated/α-hetero) is 1. The maximum absolute atomic E-state index is 14.1. The summed E-state index contributed by atoms with van der Waals surface area (Å²) < 4.78 is 35.4. The molecule has 2 aromatic rings. The standard InChI is InChI=1S/C30H40N2O5S2/c1-22-11-12-26(38-22)19-31(17-23-8-5-4-6-9-23)28(34)20-32(18-25-10-7-15-37-25)39(35,36)21-30-14-13-24(16-27(30)33)29(30,2)3/h4-6,8-9,11-12,24-25H,7,10,13-21H2,1-3H3. The number of fused-ring (bicyclic) bond motifs is 2. The van der Waals surface area contributed by atoms with Gasteiger partial charge in [0.2, 0.25) is 15.9 Å². The Labute approximate surface area is 236 Å². The fourth-order valence-electron chi connectivity index (χ4n) is 6.85. The number of ketones is 1. The first-order valence-corrected chi connectivity index (χ1v) is 16.4. The first-order chi connectivity index (χ1) is 18.5. The Bertz CT molecular complexity index is 1300. The molecule has 2 bridgehead atoms. The number of ether oxygens (including phenoxy) is 1. The number of aryl methyl sites for hydroxylation is 1. The molecular formula is C30H40N2O5S2. The van der Waals surface area contributed by atoms with Crippen molar-refractivity contribution in [3.05, 3.63) is 57.8 Å². The third-order valence-corrected chi connectivity index (χ3v) is 12.3. The first kappa shape index (κ1) is 28.5. The summed E-state index contributed by atoms with van der Waals surface area (Å²) in [7, 11) is -3.92. The van der Waals surface area contributed by atoms with E-state index >= 15 is 0 Å². The Kier molecular flexibility index (Phi) is 8.08. The molecule has 3 aliphatic rings. The molecule has 0 radical (unpaired) electrons.